The highest BCUT2D eigenvalue weighted by Crippen LogP contribution is 2.28. The molecule has 0 atom stereocenters. The second kappa shape index (κ2) is 10.0. The maximum atomic E-state index is 11.8. The second-order valence-electron chi connectivity index (χ2n) is 8.61. The van der Waals surface area contributed by atoms with Crippen LogP contribution >= 0.6 is 0 Å². The molecule has 1 N–H and O–H groups in total. The molecular weight excluding hydrogens is 440 g/mol. The smallest absolute Gasteiger partial charge is 0.224 e. The van der Waals surface area contributed by atoms with Crippen molar-refractivity contribution in [1.29, 1.82) is 0 Å². The molecular formula is C23H32N6O3S. The first kappa shape index (κ1) is 23.4. The lowest BCUT2D eigenvalue weighted by molar-refractivity contribution is 0.276. The Kier molecular flexibility index (Phi) is 7.14. The van der Waals surface area contributed by atoms with Gasteiger partial charge in [0.25, 0.3) is 0 Å². The number of nitrogens with one attached hydrogen (secondary N) is 1. The first-order valence-corrected chi connectivity index (χ1v) is 13.3. The van der Waals surface area contributed by atoms with Gasteiger partial charge >= 0.3 is 0 Å². The molecule has 1 aliphatic rings. The van der Waals surface area contributed by atoms with E-state index in [0.29, 0.717) is 18.4 Å². The van der Waals surface area contributed by atoms with Gasteiger partial charge in [-0.2, -0.15) is 10.1 Å². The Hall–Kier alpha value is -2.72. The van der Waals surface area contributed by atoms with Crippen LogP contribution in [0.25, 0.3) is 16.7 Å². The Morgan fingerprint density at radius 3 is 2.73 bits per heavy atom. The van der Waals surface area contributed by atoms with E-state index in [9.17, 15) is 8.42 Å². The van der Waals surface area contributed by atoms with Gasteiger partial charge in [0.15, 0.2) is 5.82 Å². The lowest BCUT2D eigenvalue weighted by Crippen LogP contribution is -2.41. The molecule has 0 saturated heterocycles. The van der Waals surface area contributed by atoms with Crippen molar-refractivity contribution in [1.82, 2.24) is 24.1 Å². The molecule has 9 nitrogen and oxygen atoms in total. The number of hydrogen-bond acceptors (Lipinski definition) is 7. The van der Waals surface area contributed by atoms with Gasteiger partial charge in [-0.05, 0) is 44.2 Å². The van der Waals surface area contributed by atoms with Crippen molar-refractivity contribution < 1.29 is 13.2 Å². The molecule has 10 heteroatoms. The summed E-state index contributed by atoms with van der Waals surface area (Å²) in [6.45, 7) is 2.83. The molecule has 4 rings (SSSR count). The molecule has 0 unspecified atom stereocenters. The van der Waals surface area contributed by atoms with Crippen LogP contribution in [-0.4, -0.2) is 64.5 Å². The van der Waals surface area contributed by atoms with E-state index in [1.807, 2.05) is 30.5 Å². The summed E-state index contributed by atoms with van der Waals surface area (Å²) in [6.07, 6.45) is 10.2. The molecule has 0 radical (unpaired) electrons. The zero-order chi connectivity index (χ0) is 23.4. The highest BCUT2D eigenvalue weighted by atomic mass is 32.2. The molecule has 1 fully saturated rings. The van der Waals surface area contributed by atoms with E-state index in [0.717, 1.165) is 55.2 Å². The summed E-state index contributed by atoms with van der Waals surface area (Å²) in [4.78, 5) is 9.08. The quantitative estimate of drug-likeness (QED) is 0.475. The van der Waals surface area contributed by atoms with Crippen LogP contribution in [0.4, 0.5) is 5.95 Å². The van der Waals surface area contributed by atoms with Gasteiger partial charge in [-0.25, -0.2) is 22.4 Å². The zero-order valence-electron chi connectivity index (χ0n) is 19.4. The van der Waals surface area contributed by atoms with Gasteiger partial charge in [0.2, 0.25) is 16.0 Å². The standard InChI is InChI=1S/C23H32N6O3S/c1-4-5-15-32-21-8-6-7-20-19(21)16-25-29(20)22-13-14-24-23(27-22)26-17-9-11-18(12-10-17)28(2)33(3,30)31/h6-8,13-14,16-18H,4-5,9-12,15H2,1-3H3,(H,24,26,27). The summed E-state index contributed by atoms with van der Waals surface area (Å²) in [5, 5.41) is 8.92. The van der Waals surface area contributed by atoms with Crippen LogP contribution in [0, 0.1) is 0 Å². The third kappa shape index (κ3) is 5.44. The van der Waals surface area contributed by atoms with Crippen LogP contribution in [0.5, 0.6) is 5.75 Å². The number of anilines is 1. The Morgan fingerprint density at radius 1 is 1.21 bits per heavy atom. The Labute approximate surface area is 195 Å². The van der Waals surface area contributed by atoms with Crippen molar-refractivity contribution in [2.45, 2.75) is 57.5 Å². The third-order valence-electron chi connectivity index (χ3n) is 6.25. The minimum Gasteiger partial charge on any atom is -0.493 e. The molecule has 33 heavy (non-hydrogen) atoms. The summed E-state index contributed by atoms with van der Waals surface area (Å²) in [6, 6.07) is 8.03. The molecule has 2 heterocycles. The normalized spacial score (nSPS) is 19.2. The Morgan fingerprint density at radius 2 is 2.00 bits per heavy atom. The van der Waals surface area contributed by atoms with Gasteiger partial charge in [0.05, 0.1) is 30.0 Å². The third-order valence-corrected chi connectivity index (χ3v) is 7.60. The molecule has 0 bridgehead atoms. The van der Waals surface area contributed by atoms with Gasteiger partial charge in [0, 0.05) is 31.4 Å². The molecule has 0 spiro atoms. The van der Waals surface area contributed by atoms with Crippen LogP contribution in [0.3, 0.4) is 0 Å². The largest absolute Gasteiger partial charge is 0.493 e. The number of fused-ring (bicyclic) bond motifs is 1. The van der Waals surface area contributed by atoms with Crippen molar-refractivity contribution in [3.05, 3.63) is 36.7 Å². The Balaban J connectivity index is 1.46. The molecule has 178 valence electrons. The van der Waals surface area contributed by atoms with E-state index in [1.54, 1.807) is 17.9 Å². The maximum absolute atomic E-state index is 11.8. The van der Waals surface area contributed by atoms with Gasteiger partial charge < -0.3 is 10.1 Å². The molecule has 1 saturated carbocycles. The van der Waals surface area contributed by atoms with E-state index >= 15 is 0 Å². The first-order chi connectivity index (χ1) is 15.9. The predicted octanol–water partition coefficient (Wildman–Crippen LogP) is 3.61. The van der Waals surface area contributed by atoms with Crippen molar-refractivity contribution >= 4 is 26.9 Å². The molecule has 0 aliphatic heterocycles. The lowest BCUT2D eigenvalue weighted by Gasteiger charge is -2.33. The van der Waals surface area contributed by atoms with Crippen molar-refractivity contribution in [3.8, 4) is 11.6 Å². The summed E-state index contributed by atoms with van der Waals surface area (Å²) in [7, 11) is -1.51. The fourth-order valence-electron chi connectivity index (χ4n) is 4.23. The molecule has 1 aliphatic carbocycles. The van der Waals surface area contributed by atoms with Crippen LogP contribution in [0.2, 0.25) is 0 Å². The number of unbranched alkanes of at least 4 members (excludes halogenated alkanes) is 1. The maximum Gasteiger partial charge on any atom is 0.224 e. The van der Waals surface area contributed by atoms with E-state index in [2.05, 4.69) is 27.3 Å². The van der Waals surface area contributed by atoms with Gasteiger partial charge in [-0.15, -0.1) is 0 Å². The average Bonchev–Trinajstić information content (AvgIpc) is 3.24. The average molecular weight is 473 g/mol. The fraction of sp³-hybridized carbons (Fsp3) is 0.522. The summed E-state index contributed by atoms with van der Waals surface area (Å²) < 4.78 is 32.8. The Bertz CT molecular complexity index is 1190. The van der Waals surface area contributed by atoms with Crippen molar-refractivity contribution in [2.24, 2.45) is 0 Å². The number of sulfonamides is 1. The lowest BCUT2D eigenvalue weighted by atomic mass is 9.91. The van der Waals surface area contributed by atoms with Crippen LogP contribution in [0.15, 0.2) is 36.7 Å². The van der Waals surface area contributed by atoms with E-state index in [4.69, 9.17) is 4.74 Å². The first-order valence-electron chi connectivity index (χ1n) is 11.5. The highest BCUT2D eigenvalue weighted by molar-refractivity contribution is 7.88. The van der Waals surface area contributed by atoms with Gasteiger partial charge in [0.1, 0.15) is 5.75 Å². The monoisotopic (exact) mass is 472 g/mol. The fourth-order valence-corrected chi connectivity index (χ4v) is 4.99. The summed E-state index contributed by atoms with van der Waals surface area (Å²) >= 11 is 0. The van der Waals surface area contributed by atoms with E-state index in [-0.39, 0.29) is 12.1 Å². The molecule has 0 amide bonds. The van der Waals surface area contributed by atoms with Crippen LogP contribution in [0.1, 0.15) is 45.4 Å². The van der Waals surface area contributed by atoms with Crippen LogP contribution < -0.4 is 10.1 Å². The highest BCUT2D eigenvalue weighted by Gasteiger charge is 2.28. The van der Waals surface area contributed by atoms with E-state index in [1.165, 1.54) is 10.6 Å². The number of benzene rings is 1. The van der Waals surface area contributed by atoms with Gasteiger partial charge in [-0.3, -0.25) is 0 Å². The van der Waals surface area contributed by atoms with Gasteiger partial charge in [-0.1, -0.05) is 19.4 Å². The zero-order valence-corrected chi connectivity index (χ0v) is 20.3. The second-order valence-corrected chi connectivity index (χ2v) is 10.7. The SMILES string of the molecule is CCCCOc1cccc2c1cnn2-c1ccnc(NC2CCC(N(C)S(C)(=O)=O)CC2)n1. The van der Waals surface area contributed by atoms with Crippen molar-refractivity contribution in [2.75, 3.05) is 25.2 Å². The number of rotatable bonds is 9. The number of hydrogen-bond donors (Lipinski definition) is 1. The molecule has 1 aromatic carbocycles. The topological polar surface area (TPSA) is 102 Å². The number of aromatic nitrogens is 4. The van der Waals surface area contributed by atoms with Crippen LogP contribution in [-0.2, 0) is 10.0 Å². The summed E-state index contributed by atoms with van der Waals surface area (Å²) in [5.41, 5.74) is 0.929. The molecule has 3 aromatic rings. The predicted molar refractivity (Wildman–Crippen MR) is 129 cm³/mol. The number of nitrogens with zero attached hydrogens (tertiary/aromatic N) is 5. The summed E-state index contributed by atoms with van der Waals surface area (Å²) in [5.74, 6) is 2.06. The minimum absolute atomic E-state index is 0.0504. The molecule has 2 aromatic heterocycles. The minimum atomic E-state index is -3.17. The van der Waals surface area contributed by atoms with Crippen molar-refractivity contribution in [3.63, 3.8) is 0 Å². The van der Waals surface area contributed by atoms with E-state index < -0.39 is 10.0 Å². The number of ether oxygens (including phenoxy) is 1.